The number of benzene rings is 2. The number of nitrogens with one attached hydrogen (secondary N) is 1. The van der Waals surface area contributed by atoms with E-state index in [1.165, 1.54) is 0 Å². The van der Waals surface area contributed by atoms with Gasteiger partial charge in [-0.1, -0.05) is 24.3 Å². The Morgan fingerprint density at radius 2 is 1.88 bits per heavy atom. The summed E-state index contributed by atoms with van der Waals surface area (Å²) in [7, 11) is 0. The van der Waals surface area contributed by atoms with Crippen LogP contribution in [0.15, 0.2) is 54.7 Å². The second kappa shape index (κ2) is 9.33. The lowest BCUT2D eigenvalue weighted by atomic mass is 10.1. The summed E-state index contributed by atoms with van der Waals surface area (Å²) >= 11 is 0. The van der Waals surface area contributed by atoms with E-state index in [4.69, 9.17) is 20.4 Å². The number of halogens is 3. The molecule has 166 valence electrons. The van der Waals surface area contributed by atoms with Gasteiger partial charge in [0, 0.05) is 11.8 Å². The maximum absolute atomic E-state index is 10.6. The lowest BCUT2D eigenvalue weighted by Crippen LogP contribution is -2.21. The molecule has 11 heteroatoms. The predicted octanol–water partition coefficient (Wildman–Crippen LogP) is 4.12. The summed E-state index contributed by atoms with van der Waals surface area (Å²) in [6.07, 6.45) is -3.43. The molecule has 0 amide bonds. The summed E-state index contributed by atoms with van der Waals surface area (Å²) in [6.45, 7) is 2.41. The second-order valence-electron chi connectivity index (χ2n) is 6.57. The highest BCUT2D eigenvalue weighted by Crippen LogP contribution is 2.23. The van der Waals surface area contributed by atoms with Crippen molar-refractivity contribution in [3.63, 3.8) is 0 Å². The van der Waals surface area contributed by atoms with E-state index in [0.29, 0.717) is 6.61 Å². The summed E-state index contributed by atoms with van der Waals surface area (Å²) in [4.78, 5) is 24.9. The number of rotatable bonds is 4. The SMILES string of the molecule is Cc1ccccc1OCc1nc2ccc(-c3ccnc(N)n3)cc2[nH]1.O=C(O)C(F)(F)F. The van der Waals surface area contributed by atoms with Gasteiger partial charge in [0.25, 0.3) is 0 Å². The van der Waals surface area contributed by atoms with E-state index in [0.717, 1.165) is 39.4 Å². The zero-order chi connectivity index (χ0) is 23.3. The van der Waals surface area contributed by atoms with Crippen molar-refractivity contribution >= 4 is 23.0 Å². The number of nitrogens with two attached hydrogens (primary N) is 1. The zero-order valence-electron chi connectivity index (χ0n) is 16.7. The first kappa shape index (κ1) is 22.5. The van der Waals surface area contributed by atoms with Gasteiger partial charge in [-0.25, -0.2) is 19.7 Å². The Labute approximate surface area is 179 Å². The van der Waals surface area contributed by atoms with E-state index in [1.54, 1.807) is 6.20 Å². The number of ether oxygens (including phenoxy) is 1. The molecule has 4 aromatic rings. The monoisotopic (exact) mass is 445 g/mol. The maximum Gasteiger partial charge on any atom is 0.490 e. The number of alkyl halides is 3. The van der Waals surface area contributed by atoms with Crippen molar-refractivity contribution in [3.8, 4) is 17.0 Å². The molecular formula is C21H18F3N5O3. The third-order valence-corrected chi connectivity index (χ3v) is 4.20. The Bertz CT molecular complexity index is 1240. The largest absolute Gasteiger partial charge is 0.490 e. The van der Waals surface area contributed by atoms with Crippen molar-refractivity contribution in [1.29, 1.82) is 0 Å². The average molecular weight is 445 g/mol. The summed E-state index contributed by atoms with van der Waals surface area (Å²) in [6, 6.07) is 15.7. The standard InChI is InChI=1S/C19H17N5O.C2HF3O2/c1-12-4-2-3-5-17(12)25-11-18-22-15-7-6-13(10-16(15)23-18)14-8-9-21-19(20)24-14;3-2(4,5)1(6)7/h2-10H,11H2,1H3,(H,22,23)(H2,20,21,24);(H,6,7). The smallest absolute Gasteiger partial charge is 0.485 e. The van der Waals surface area contributed by atoms with Crippen LogP contribution >= 0.6 is 0 Å². The van der Waals surface area contributed by atoms with Crippen LogP contribution in [0, 0.1) is 6.92 Å². The number of imidazole rings is 1. The van der Waals surface area contributed by atoms with Crippen molar-refractivity contribution in [3.05, 3.63) is 66.1 Å². The minimum Gasteiger partial charge on any atom is -0.485 e. The highest BCUT2D eigenvalue weighted by atomic mass is 19.4. The molecule has 0 atom stereocenters. The van der Waals surface area contributed by atoms with Gasteiger partial charge in [-0.3, -0.25) is 0 Å². The number of carbonyl (C=O) groups is 1. The number of nitrogen functional groups attached to an aromatic ring is 1. The van der Waals surface area contributed by atoms with Gasteiger partial charge in [-0.2, -0.15) is 13.2 Å². The van der Waals surface area contributed by atoms with Gasteiger partial charge in [0.2, 0.25) is 5.95 Å². The van der Waals surface area contributed by atoms with Crippen molar-refractivity contribution in [2.24, 2.45) is 0 Å². The molecule has 0 saturated heterocycles. The molecule has 0 saturated carbocycles. The Kier molecular flexibility index (Phi) is 6.57. The van der Waals surface area contributed by atoms with Crippen LogP contribution in [-0.2, 0) is 11.4 Å². The number of H-pyrrole nitrogens is 1. The molecule has 32 heavy (non-hydrogen) atoms. The minimum atomic E-state index is -5.08. The van der Waals surface area contributed by atoms with Crippen LogP contribution in [0.4, 0.5) is 19.1 Å². The minimum absolute atomic E-state index is 0.259. The Morgan fingerprint density at radius 1 is 1.16 bits per heavy atom. The van der Waals surface area contributed by atoms with Gasteiger partial charge < -0.3 is 20.6 Å². The zero-order valence-corrected chi connectivity index (χ0v) is 16.7. The van der Waals surface area contributed by atoms with Crippen LogP contribution in [0.1, 0.15) is 11.4 Å². The number of para-hydroxylation sites is 1. The molecule has 4 N–H and O–H groups in total. The fourth-order valence-electron chi connectivity index (χ4n) is 2.69. The molecule has 0 bridgehead atoms. The van der Waals surface area contributed by atoms with Crippen LogP contribution in [0.3, 0.4) is 0 Å². The number of carboxylic acid groups (broad SMARTS) is 1. The molecule has 0 radical (unpaired) electrons. The third kappa shape index (κ3) is 5.72. The number of fused-ring (bicyclic) bond motifs is 1. The summed E-state index contributed by atoms with van der Waals surface area (Å²) < 4.78 is 37.6. The first-order valence-corrected chi connectivity index (χ1v) is 9.19. The van der Waals surface area contributed by atoms with E-state index in [-0.39, 0.29) is 5.95 Å². The predicted molar refractivity (Wildman–Crippen MR) is 111 cm³/mol. The summed E-state index contributed by atoms with van der Waals surface area (Å²) in [5.41, 5.74) is 10.3. The molecular weight excluding hydrogens is 427 g/mol. The first-order chi connectivity index (χ1) is 15.1. The molecule has 8 nitrogen and oxygen atoms in total. The number of hydrogen-bond donors (Lipinski definition) is 3. The quantitative estimate of drug-likeness (QED) is 0.431. The fourth-order valence-corrected chi connectivity index (χ4v) is 2.69. The van der Waals surface area contributed by atoms with Gasteiger partial charge in [0.1, 0.15) is 18.2 Å². The molecule has 2 heterocycles. The van der Waals surface area contributed by atoms with Crippen molar-refractivity contribution in [1.82, 2.24) is 19.9 Å². The summed E-state index contributed by atoms with van der Waals surface area (Å²) in [5.74, 6) is -0.861. The molecule has 2 aromatic carbocycles. The molecule has 0 aliphatic heterocycles. The number of carboxylic acids is 1. The average Bonchev–Trinajstić information content (AvgIpc) is 3.15. The van der Waals surface area contributed by atoms with Crippen LogP contribution in [0.25, 0.3) is 22.3 Å². The van der Waals surface area contributed by atoms with Crippen LogP contribution in [-0.4, -0.2) is 37.2 Å². The third-order valence-electron chi connectivity index (χ3n) is 4.20. The molecule has 2 aromatic heterocycles. The van der Waals surface area contributed by atoms with Gasteiger partial charge in [-0.05, 0) is 36.8 Å². The van der Waals surface area contributed by atoms with Crippen LogP contribution in [0.5, 0.6) is 5.75 Å². The Morgan fingerprint density at radius 3 is 2.53 bits per heavy atom. The van der Waals surface area contributed by atoms with Gasteiger partial charge >= 0.3 is 12.1 Å². The van der Waals surface area contributed by atoms with Crippen LogP contribution < -0.4 is 10.5 Å². The van der Waals surface area contributed by atoms with E-state index in [9.17, 15) is 13.2 Å². The summed E-state index contributed by atoms with van der Waals surface area (Å²) in [5, 5.41) is 7.12. The topological polar surface area (TPSA) is 127 Å². The lowest BCUT2D eigenvalue weighted by Gasteiger charge is -2.06. The van der Waals surface area contributed by atoms with Crippen molar-refractivity contribution in [2.75, 3.05) is 5.73 Å². The normalized spacial score (nSPS) is 11.0. The molecule has 0 aliphatic rings. The van der Waals surface area contributed by atoms with Crippen molar-refractivity contribution in [2.45, 2.75) is 19.7 Å². The molecule has 0 spiro atoms. The number of hydrogen-bond acceptors (Lipinski definition) is 6. The highest BCUT2D eigenvalue weighted by molar-refractivity contribution is 5.81. The first-order valence-electron chi connectivity index (χ1n) is 9.19. The highest BCUT2D eigenvalue weighted by Gasteiger charge is 2.38. The number of aromatic nitrogens is 4. The van der Waals surface area contributed by atoms with E-state index < -0.39 is 12.1 Å². The number of nitrogens with zero attached hydrogens (tertiary/aromatic N) is 3. The molecule has 0 fully saturated rings. The van der Waals surface area contributed by atoms with Gasteiger partial charge in [-0.15, -0.1) is 0 Å². The maximum atomic E-state index is 10.6. The molecule has 0 unspecified atom stereocenters. The molecule has 0 aliphatic carbocycles. The van der Waals surface area contributed by atoms with Crippen LogP contribution in [0.2, 0.25) is 0 Å². The number of aromatic amines is 1. The van der Waals surface area contributed by atoms with E-state index >= 15 is 0 Å². The number of aryl methyl sites for hydroxylation is 1. The molecule has 4 rings (SSSR count). The van der Waals surface area contributed by atoms with Crippen molar-refractivity contribution < 1.29 is 27.8 Å². The van der Waals surface area contributed by atoms with E-state index in [2.05, 4.69) is 19.9 Å². The number of anilines is 1. The van der Waals surface area contributed by atoms with Gasteiger partial charge in [0.05, 0.1) is 16.7 Å². The Balaban J connectivity index is 0.000000360. The van der Waals surface area contributed by atoms with Gasteiger partial charge in [0.15, 0.2) is 0 Å². The second-order valence-corrected chi connectivity index (χ2v) is 6.57. The number of aliphatic carboxylic acids is 1. The fraction of sp³-hybridized carbons (Fsp3) is 0.143. The Hall–Kier alpha value is -4.15. The lowest BCUT2D eigenvalue weighted by molar-refractivity contribution is -0.192. The van der Waals surface area contributed by atoms with E-state index in [1.807, 2.05) is 55.5 Å².